The molecule has 0 N–H and O–H groups in total. The number of hydrogen-bond donors (Lipinski definition) is 0. The van der Waals surface area contributed by atoms with Gasteiger partial charge in [0.25, 0.3) is 5.91 Å². The summed E-state index contributed by atoms with van der Waals surface area (Å²) in [6, 6.07) is 13.4. The zero-order chi connectivity index (χ0) is 19.5. The van der Waals surface area contributed by atoms with Crippen molar-refractivity contribution in [3.8, 4) is 10.6 Å². The van der Waals surface area contributed by atoms with Crippen LogP contribution in [-0.4, -0.2) is 47.2 Å². The summed E-state index contributed by atoms with van der Waals surface area (Å²) in [5, 5.41) is 10.8. The summed E-state index contributed by atoms with van der Waals surface area (Å²) in [6.45, 7) is 2.61. The Hall–Kier alpha value is -2.51. The fraction of sp³-hybridized carbons (Fsp3) is 0.250. The van der Waals surface area contributed by atoms with Gasteiger partial charge in [-0.3, -0.25) is 4.79 Å². The number of hydrogen-bond acceptors (Lipinski definition) is 5. The SMILES string of the molecule is O=C(c1cccc(F)c1)N1CCCN(c2nnc(-c3ccccc3Cl)s2)CC1. The number of anilines is 1. The summed E-state index contributed by atoms with van der Waals surface area (Å²) in [6.07, 6.45) is 0.808. The molecule has 0 aliphatic carbocycles. The van der Waals surface area contributed by atoms with Gasteiger partial charge in [0.15, 0.2) is 5.01 Å². The fourth-order valence-electron chi connectivity index (χ4n) is 3.20. The number of nitrogens with zero attached hydrogens (tertiary/aromatic N) is 4. The van der Waals surface area contributed by atoms with E-state index in [0.717, 1.165) is 28.7 Å². The average Bonchev–Trinajstić information content (AvgIpc) is 3.05. The van der Waals surface area contributed by atoms with E-state index in [4.69, 9.17) is 11.6 Å². The molecule has 1 amide bonds. The lowest BCUT2D eigenvalue weighted by Gasteiger charge is -2.21. The third kappa shape index (κ3) is 4.00. The highest BCUT2D eigenvalue weighted by molar-refractivity contribution is 7.18. The van der Waals surface area contributed by atoms with Gasteiger partial charge in [-0.25, -0.2) is 4.39 Å². The van der Waals surface area contributed by atoms with E-state index < -0.39 is 5.82 Å². The van der Waals surface area contributed by atoms with E-state index in [0.29, 0.717) is 30.2 Å². The second-order valence-electron chi connectivity index (χ2n) is 6.51. The highest BCUT2D eigenvalue weighted by atomic mass is 35.5. The first-order valence-electron chi connectivity index (χ1n) is 9.00. The number of benzene rings is 2. The highest BCUT2D eigenvalue weighted by Gasteiger charge is 2.23. The Labute approximate surface area is 171 Å². The van der Waals surface area contributed by atoms with E-state index in [2.05, 4.69) is 15.1 Å². The number of aromatic nitrogens is 2. The standard InChI is InChI=1S/C20H18ClFN4OS/c21-17-8-2-1-7-16(17)18-23-24-20(28-18)26-10-4-9-25(11-12-26)19(27)14-5-3-6-15(22)13-14/h1-3,5-8,13H,4,9-12H2. The van der Waals surface area contributed by atoms with E-state index in [1.165, 1.54) is 23.5 Å². The molecule has 0 unspecified atom stereocenters. The van der Waals surface area contributed by atoms with Crippen LogP contribution in [0, 0.1) is 5.82 Å². The summed E-state index contributed by atoms with van der Waals surface area (Å²) in [5.74, 6) is -0.543. The number of rotatable bonds is 3. The highest BCUT2D eigenvalue weighted by Crippen LogP contribution is 2.33. The van der Waals surface area contributed by atoms with Gasteiger partial charge in [0, 0.05) is 37.3 Å². The zero-order valence-corrected chi connectivity index (χ0v) is 16.6. The molecule has 144 valence electrons. The van der Waals surface area contributed by atoms with Crippen molar-refractivity contribution in [3.05, 3.63) is 64.9 Å². The fourth-order valence-corrected chi connectivity index (χ4v) is 4.42. The Morgan fingerprint density at radius 1 is 1.04 bits per heavy atom. The average molecular weight is 417 g/mol. The largest absolute Gasteiger partial charge is 0.345 e. The van der Waals surface area contributed by atoms with E-state index in [-0.39, 0.29) is 5.91 Å². The molecule has 0 saturated carbocycles. The third-order valence-corrected chi connectivity index (χ3v) is 5.99. The Kier molecular flexibility index (Phi) is 5.54. The maximum Gasteiger partial charge on any atom is 0.254 e. The topological polar surface area (TPSA) is 49.3 Å². The monoisotopic (exact) mass is 416 g/mol. The minimum Gasteiger partial charge on any atom is -0.345 e. The van der Waals surface area contributed by atoms with Crippen LogP contribution in [0.5, 0.6) is 0 Å². The molecule has 5 nitrogen and oxygen atoms in total. The lowest BCUT2D eigenvalue weighted by Crippen LogP contribution is -2.35. The van der Waals surface area contributed by atoms with Crippen molar-refractivity contribution in [2.45, 2.75) is 6.42 Å². The summed E-state index contributed by atoms with van der Waals surface area (Å²) in [7, 11) is 0. The molecule has 3 aromatic rings. The maximum absolute atomic E-state index is 13.4. The quantitative estimate of drug-likeness (QED) is 0.637. The van der Waals surface area contributed by atoms with Gasteiger partial charge in [0.1, 0.15) is 5.82 Å². The number of amides is 1. The molecule has 28 heavy (non-hydrogen) atoms. The third-order valence-electron chi connectivity index (χ3n) is 4.64. The van der Waals surface area contributed by atoms with Crippen LogP contribution in [0.2, 0.25) is 5.02 Å². The molecule has 0 radical (unpaired) electrons. The minimum absolute atomic E-state index is 0.143. The molecule has 0 atom stereocenters. The molecule has 4 rings (SSSR count). The van der Waals surface area contributed by atoms with Crippen LogP contribution in [0.1, 0.15) is 16.8 Å². The first kappa shape index (κ1) is 18.8. The van der Waals surface area contributed by atoms with Crippen LogP contribution in [0.3, 0.4) is 0 Å². The van der Waals surface area contributed by atoms with Crippen LogP contribution < -0.4 is 4.90 Å². The smallest absolute Gasteiger partial charge is 0.254 e. The molecular weight excluding hydrogens is 399 g/mol. The van der Waals surface area contributed by atoms with Crippen LogP contribution >= 0.6 is 22.9 Å². The predicted octanol–water partition coefficient (Wildman–Crippen LogP) is 4.35. The molecule has 1 saturated heterocycles. The van der Waals surface area contributed by atoms with Gasteiger partial charge in [-0.2, -0.15) is 0 Å². The Morgan fingerprint density at radius 2 is 1.89 bits per heavy atom. The summed E-state index contributed by atoms with van der Waals surface area (Å²) in [5.41, 5.74) is 1.25. The first-order chi connectivity index (χ1) is 13.6. The van der Waals surface area contributed by atoms with E-state index >= 15 is 0 Å². The predicted molar refractivity (Wildman–Crippen MR) is 109 cm³/mol. The van der Waals surface area contributed by atoms with Gasteiger partial charge in [-0.15, -0.1) is 10.2 Å². The first-order valence-corrected chi connectivity index (χ1v) is 10.2. The van der Waals surface area contributed by atoms with E-state index in [9.17, 15) is 9.18 Å². The van der Waals surface area contributed by atoms with Gasteiger partial charge in [-0.1, -0.05) is 47.2 Å². The minimum atomic E-state index is -0.400. The molecule has 0 spiro atoms. The van der Waals surface area contributed by atoms with Gasteiger partial charge < -0.3 is 9.80 Å². The van der Waals surface area contributed by atoms with Crippen molar-refractivity contribution in [3.63, 3.8) is 0 Å². The maximum atomic E-state index is 13.4. The Balaban J connectivity index is 1.46. The van der Waals surface area contributed by atoms with Gasteiger partial charge in [0.2, 0.25) is 5.13 Å². The summed E-state index contributed by atoms with van der Waals surface area (Å²) in [4.78, 5) is 16.6. The van der Waals surface area contributed by atoms with E-state index in [1.54, 1.807) is 17.0 Å². The van der Waals surface area contributed by atoms with Gasteiger partial charge in [0.05, 0.1) is 5.02 Å². The lowest BCUT2D eigenvalue weighted by atomic mass is 10.2. The van der Waals surface area contributed by atoms with Crippen molar-refractivity contribution in [1.82, 2.24) is 15.1 Å². The van der Waals surface area contributed by atoms with Crippen LogP contribution in [0.4, 0.5) is 9.52 Å². The van der Waals surface area contributed by atoms with Gasteiger partial charge in [-0.05, 0) is 30.7 Å². The molecule has 1 aliphatic rings. The molecule has 1 fully saturated rings. The lowest BCUT2D eigenvalue weighted by molar-refractivity contribution is 0.0766. The van der Waals surface area contributed by atoms with Crippen LogP contribution in [0.15, 0.2) is 48.5 Å². The molecule has 1 aliphatic heterocycles. The Bertz CT molecular complexity index is 996. The van der Waals surface area contributed by atoms with Crippen molar-refractivity contribution in [2.75, 3.05) is 31.1 Å². The van der Waals surface area contributed by atoms with Crippen molar-refractivity contribution in [1.29, 1.82) is 0 Å². The summed E-state index contributed by atoms with van der Waals surface area (Å²) >= 11 is 7.75. The van der Waals surface area contributed by atoms with Crippen molar-refractivity contribution < 1.29 is 9.18 Å². The molecule has 2 heterocycles. The number of halogens is 2. The van der Waals surface area contributed by atoms with Crippen LogP contribution in [-0.2, 0) is 0 Å². The molecule has 0 bridgehead atoms. The molecule has 8 heteroatoms. The van der Waals surface area contributed by atoms with E-state index in [1.807, 2.05) is 24.3 Å². The molecule has 2 aromatic carbocycles. The van der Waals surface area contributed by atoms with Crippen LogP contribution in [0.25, 0.3) is 10.6 Å². The number of carbonyl (C=O) groups is 1. The molecular formula is C20H18ClFN4OS. The normalized spacial score (nSPS) is 14.8. The molecule has 1 aromatic heterocycles. The Morgan fingerprint density at radius 3 is 2.71 bits per heavy atom. The second-order valence-corrected chi connectivity index (χ2v) is 7.88. The van der Waals surface area contributed by atoms with Crippen molar-refractivity contribution >= 4 is 34.0 Å². The number of carbonyl (C=O) groups excluding carboxylic acids is 1. The zero-order valence-electron chi connectivity index (χ0n) is 15.0. The van der Waals surface area contributed by atoms with Gasteiger partial charge >= 0.3 is 0 Å². The van der Waals surface area contributed by atoms with Crippen molar-refractivity contribution in [2.24, 2.45) is 0 Å². The summed E-state index contributed by atoms with van der Waals surface area (Å²) < 4.78 is 13.4. The second kappa shape index (κ2) is 8.24.